The number of nitrogens with one attached hydrogen (secondary N) is 1. The number of hydrogen-bond acceptors (Lipinski definition) is 3. The van der Waals surface area contributed by atoms with Gasteiger partial charge in [-0.3, -0.25) is 0 Å². The van der Waals surface area contributed by atoms with Gasteiger partial charge in [-0.25, -0.2) is 8.93 Å². The van der Waals surface area contributed by atoms with Crippen LogP contribution in [0.5, 0.6) is 0 Å². The van der Waals surface area contributed by atoms with Gasteiger partial charge < -0.3 is 9.15 Å². The fourth-order valence-electron chi connectivity index (χ4n) is 2.03. The second kappa shape index (κ2) is 5.04. The van der Waals surface area contributed by atoms with Crippen molar-refractivity contribution in [2.24, 2.45) is 5.41 Å². The Morgan fingerprint density at radius 2 is 2.00 bits per heavy atom. The lowest BCUT2D eigenvalue weighted by Crippen LogP contribution is -2.51. The predicted molar refractivity (Wildman–Crippen MR) is 76.1 cm³/mol. The molecule has 2 atom stereocenters. The third-order valence-corrected chi connectivity index (χ3v) is 4.95. The van der Waals surface area contributed by atoms with Crippen LogP contribution in [0.4, 0.5) is 0 Å². The summed E-state index contributed by atoms with van der Waals surface area (Å²) in [5.74, 6) is 1.70. The van der Waals surface area contributed by atoms with Crippen molar-refractivity contribution in [3.8, 4) is 0 Å². The van der Waals surface area contributed by atoms with Crippen LogP contribution in [-0.2, 0) is 15.7 Å². The van der Waals surface area contributed by atoms with Crippen molar-refractivity contribution in [1.29, 1.82) is 0 Å². The molecular weight excluding hydrogens is 262 g/mol. The van der Waals surface area contributed by atoms with Crippen molar-refractivity contribution >= 4 is 11.0 Å². The first-order chi connectivity index (χ1) is 8.72. The van der Waals surface area contributed by atoms with E-state index in [-0.39, 0.29) is 16.2 Å². The van der Waals surface area contributed by atoms with Crippen molar-refractivity contribution in [3.63, 3.8) is 0 Å². The molecule has 0 radical (unpaired) electrons. The van der Waals surface area contributed by atoms with E-state index in [2.05, 4.69) is 11.6 Å². The number of aryl methyl sites for hydroxylation is 1. The highest BCUT2D eigenvalue weighted by Crippen LogP contribution is 2.41. The first-order valence-corrected chi connectivity index (χ1v) is 7.69. The molecule has 0 unspecified atom stereocenters. The number of ether oxygens (including phenoxy) is 1. The summed E-state index contributed by atoms with van der Waals surface area (Å²) in [6, 6.07) is 3.80. The van der Waals surface area contributed by atoms with Gasteiger partial charge in [-0.05, 0) is 39.8 Å². The lowest BCUT2D eigenvalue weighted by molar-refractivity contribution is -0.121. The third kappa shape index (κ3) is 3.09. The highest BCUT2D eigenvalue weighted by molar-refractivity contribution is 7.84. The van der Waals surface area contributed by atoms with E-state index in [1.165, 1.54) is 0 Å². The van der Waals surface area contributed by atoms with Crippen molar-refractivity contribution in [2.75, 3.05) is 13.2 Å². The lowest BCUT2D eigenvalue weighted by Gasteiger charge is -2.44. The van der Waals surface area contributed by atoms with Gasteiger partial charge in [0.2, 0.25) is 0 Å². The van der Waals surface area contributed by atoms with Crippen molar-refractivity contribution in [1.82, 2.24) is 4.72 Å². The molecule has 5 heteroatoms. The summed E-state index contributed by atoms with van der Waals surface area (Å²) in [4.78, 5) is 0. The Morgan fingerprint density at radius 3 is 2.37 bits per heavy atom. The molecule has 1 saturated heterocycles. The molecule has 0 bridgehead atoms. The van der Waals surface area contributed by atoms with Crippen LogP contribution in [0.2, 0.25) is 0 Å². The molecule has 0 saturated carbocycles. The summed E-state index contributed by atoms with van der Waals surface area (Å²) in [6.07, 6.45) is 0. The van der Waals surface area contributed by atoms with Crippen LogP contribution >= 0.6 is 0 Å². The Hall–Kier alpha value is -0.650. The minimum Gasteiger partial charge on any atom is -0.465 e. The van der Waals surface area contributed by atoms with Crippen molar-refractivity contribution in [2.45, 2.75) is 45.4 Å². The van der Waals surface area contributed by atoms with Crippen LogP contribution in [0.25, 0.3) is 0 Å². The van der Waals surface area contributed by atoms with Crippen molar-refractivity contribution in [3.05, 3.63) is 23.7 Å². The maximum Gasteiger partial charge on any atom is 0.122 e. The Bertz CT molecular complexity index is 471. The molecule has 4 nitrogen and oxygen atoms in total. The SMILES string of the molecule is Cc1ccc([C@H](N[S@](=O)C(C)(C)C)C2(C)COC2)o1. The highest BCUT2D eigenvalue weighted by Gasteiger charge is 2.45. The molecule has 1 aliphatic heterocycles. The maximum atomic E-state index is 12.4. The first-order valence-electron chi connectivity index (χ1n) is 6.54. The Kier molecular flexibility index (Phi) is 3.91. The smallest absolute Gasteiger partial charge is 0.122 e. The highest BCUT2D eigenvalue weighted by atomic mass is 32.2. The summed E-state index contributed by atoms with van der Waals surface area (Å²) in [5.41, 5.74) is -0.0643. The van der Waals surface area contributed by atoms with E-state index in [9.17, 15) is 4.21 Å². The van der Waals surface area contributed by atoms with Gasteiger partial charge in [0.05, 0.1) is 35.0 Å². The number of rotatable bonds is 4. The molecule has 0 amide bonds. The molecule has 1 aliphatic rings. The van der Waals surface area contributed by atoms with Gasteiger partial charge in [0.1, 0.15) is 11.5 Å². The molecule has 19 heavy (non-hydrogen) atoms. The van der Waals surface area contributed by atoms with Gasteiger partial charge >= 0.3 is 0 Å². The zero-order valence-corrected chi connectivity index (χ0v) is 13.1. The first kappa shape index (κ1) is 14.8. The van der Waals surface area contributed by atoms with Crippen molar-refractivity contribution < 1.29 is 13.4 Å². The van der Waals surface area contributed by atoms with Crippen LogP contribution in [0.3, 0.4) is 0 Å². The second-order valence-corrected chi connectivity index (χ2v) is 8.53. The number of hydrogen-bond donors (Lipinski definition) is 1. The maximum absolute atomic E-state index is 12.4. The monoisotopic (exact) mass is 285 g/mol. The Morgan fingerprint density at radius 1 is 1.37 bits per heavy atom. The van der Waals surface area contributed by atoms with Crippen LogP contribution in [0.15, 0.2) is 16.5 Å². The summed E-state index contributed by atoms with van der Waals surface area (Å²) in [7, 11) is -1.14. The van der Waals surface area contributed by atoms with Gasteiger partial charge in [0.15, 0.2) is 0 Å². The van der Waals surface area contributed by atoms with Crippen LogP contribution in [-0.4, -0.2) is 22.2 Å². The molecule has 1 N–H and O–H groups in total. The van der Waals surface area contributed by atoms with E-state index in [0.717, 1.165) is 11.5 Å². The molecule has 1 aromatic heterocycles. The van der Waals surface area contributed by atoms with E-state index in [1.54, 1.807) is 0 Å². The third-order valence-electron chi connectivity index (χ3n) is 3.39. The van der Waals surface area contributed by atoms with Gasteiger partial charge in [-0.2, -0.15) is 0 Å². The molecule has 2 rings (SSSR count). The second-order valence-electron chi connectivity index (χ2n) is 6.53. The molecule has 1 aromatic rings. The zero-order chi connectivity index (χ0) is 14.3. The minimum absolute atomic E-state index is 0.0643. The zero-order valence-electron chi connectivity index (χ0n) is 12.3. The molecular formula is C14H23NO3S. The molecule has 2 heterocycles. The van der Waals surface area contributed by atoms with Gasteiger partial charge in [-0.1, -0.05) is 6.92 Å². The summed E-state index contributed by atoms with van der Waals surface area (Å²) in [6.45, 7) is 11.2. The summed E-state index contributed by atoms with van der Waals surface area (Å²) in [5, 5.41) is 0. The van der Waals surface area contributed by atoms with E-state index in [4.69, 9.17) is 9.15 Å². The fourth-order valence-corrected chi connectivity index (χ4v) is 3.00. The number of furan rings is 1. The molecule has 1 fully saturated rings. The van der Waals surface area contributed by atoms with E-state index >= 15 is 0 Å². The Balaban J connectivity index is 2.23. The average Bonchev–Trinajstić information content (AvgIpc) is 2.67. The van der Waals surface area contributed by atoms with E-state index in [0.29, 0.717) is 13.2 Å². The van der Waals surface area contributed by atoms with E-state index in [1.807, 2.05) is 39.8 Å². The topological polar surface area (TPSA) is 51.5 Å². The van der Waals surface area contributed by atoms with Gasteiger partial charge in [0, 0.05) is 5.41 Å². The lowest BCUT2D eigenvalue weighted by atomic mass is 9.80. The van der Waals surface area contributed by atoms with Gasteiger partial charge in [0.25, 0.3) is 0 Å². The average molecular weight is 285 g/mol. The largest absolute Gasteiger partial charge is 0.465 e. The van der Waals surface area contributed by atoms with Crippen LogP contribution in [0.1, 0.15) is 45.3 Å². The predicted octanol–water partition coefficient (Wildman–Crippen LogP) is 2.72. The summed E-state index contributed by atoms with van der Waals surface area (Å²) >= 11 is 0. The fraction of sp³-hybridized carbons (Fsp3) is 0.714. The quantitative estimate of drug-likeness (QED) is 0.925. The minimum atomic E-state index is -1.14. The molecule has 0 aliphatic carbocycles. The van der Waals surface area contributed by atoms with E-state index < -0.39 is 11.0 Å². The van der Waals surface area contributed by atoms with Gasteiger partial charge in [-0.15, -0.1) is 0 Å². The van der Waals surface area contributed by atoms with Crippen LogP contribution < -0.4 is 4.72 Å². The normalized spacial score (nSPS) is 21.7. The molecule has 108 valence electrons. The summed E-state index contributed by atoms with van der Waals surface area (Å²) < 4.78 is 26.3. The Labute approximate surface area is 117 Å². The van der Waals surface area contributed by atoms with Crippen LogP contribution in [0, 0.1) is 12.3 Å². The molecule has 0 aromatic carbocycles. The molecule has 0 spiro atoms. The standard InChI is InChI=1S/C14H23NO3S/c1-10-6-7-11(18-10)12(14(5)8-17-9-14)15-19(16)13(2,3)4/h6-7,12,15H,8-9H2,1-5H3/t12-,19+/m0/s1.